The van der Waals surface area contributed by atoms with E-state index in [0.717, 1.165) is 21.3 Å². The van der Waals surface area contributed by atoms with Crippen molar-refractivity contribution >= 4 is 44.2 Å². The molecular weight excluding hydrogens is 432 g/mol. The average Bonchev–Trinajstić information content (AvgIpc) is 3.29. The minimum absolute atomic E-state index is 0.116. The fourth-order valence-corrected chi connectivity index (χ4v) is 3.78. The van der Waals surface area contributed by atoms with E-state index in [1.165, 1.54) is 11.3 Å². The molecule has 4 N–H and O–H groups in total. The summed E-state index contributed by atoms with van der Waals surface area (Å²) in [6.07, 6.45) is 2.60. The monoisotopic (exact) mass is 448 g/mol. The molecular formula is C18H17BrN4O3S. The summed E-state index contributed by atoms with van der Waals surface area (Å²) in [4.78, 5) is 30.5. The summed E-state index contributed by atoms with van der Waals surface area (Å²) < 4.78 is 6.05. The third-order valence-corrected chi connectivity index (χ3v) is 5.23. The Morgan fingerprint density at radius 1 is 1.37 bits per heavy atom. The number of anilines is 1. The standard InChI is InChI=1S/C18H17BrN4O3S/c1-26-15-4-2-10(6-12(15)19)3-5-16(24)23-18-22-14(9-27-18)11-7-13(17(20)25)21-8-11/h2,4,6-9,21H,3,5H2,1H3,(H2,20,25)(H,22,23,24). The van der Waals surface area contributed by atoms with Crippen LogP contribution in [0, 0.1) is 0 Å². The number of hydrogen-bond acceptors (Lipinski definition) is 5. The van der Waals surface area contributed by atoms with Crippen LogP contribution in [-0.4, -0.2) is 28.9 Å². The maximum absolute atomic E-state index is 12.2. The number of benzene rings is 1. The lowest BCUT2D eigenvalue weighted by atomic mass is 10.1. The Morgan fingerprint density at radius 3 is 2.85 bits per heavy atom. The Hall–Kier alpha value is -2.65. The van der Waals surface area contributed by atoms with Gasteiger partial charge in [0.2, 0.25) is 5.91 Å². The van der Waals surface area contributed by atoms with Gasteiger partial charge in [-0.2, -0.15) is 0 Å². The first-order valence-corrected chi connectivity index (χ1v) is 9.70. The van der Waals surface area contributed by atoms with Gasteiger partial charge in [-0.15, -0.1) is 11.3 Å². The van der Waals surface area contributed by atoms with Gasteiger partial charge >= 0.3 is 0 Å². The predicted molar refractivity (Wildman–Crippen MR) is 108 cm³/mol. The minimum Gasteiger partial charge on any atom is -0.496 e. The van der Waals surface area contributed by atoms with Crippen molar-refractivity contribution in [2.75, 3.05) is 12.4 Å². The fourth-order valence-electron chi connectivity index (χ4n) is 2.45. The smallest absolute Gasteiger partial charge is 0.265 e. The van der Waals surface area contributed by atoms with E-state index in [9.17, 15) is 9.59 Å². The van der Waals surface area contributed by atoms with Gasteiger partial charge in [0.1, 0.15) is 11.4 Å². The zero-order valence-electron chi connectivity index (χ0n) is 14.4. The number of carbonyl (C=O) groups is 2. The molecule has 0 aliphatic rings. The summed E-state index contributed by atoms with van der Waals surface area (Å²) in [6, 6.07) is 7.36. The van der Waals surface area contributed by atoms with Crippen LogP contribution < -0.4 is 15.8 Å². The summed E-state index contributed by atoms with van der Waals surface area (Å²) in [5.41, 5.74) is 7.98. The lowest BCUT2D eigenvalue weighted by molar-refractivity contribution is -0.116. The van der Waals surface area contributed by atoms with Gasteiger partial charge in [0, 0.05) is 23.6 Å². The highest BCUT2D eigenvalue weighted by atomic mass is 79.9. The van der Waals surface area contributed by atoms with Crippen LogP contribution in [0.5, 0.6) is 5.75 Å². The van der Waals surface area contributed by atoms with E-state index >= 15 is 0 Å². The molecule has 0 saturated carbocycles. The van der Waals surface area contributed by atoms with Crippen molar-refractivity contribution in [2.45, 2.75) is 12.8 Å². The van der Waals surface area contributed by atoms with Crippen LogP contribution in [0.2, 0.25) is 0 Å². The van der Waals surface area contributed by atoms with Crippen LogP contribution in [0.1, 0.15) is 22.5 Å². The maximum atomic E-state index is 12.2. The quantitative estimate of drug-likeness (QED) is 0.512. The Kier molecular flexibility index (Phi) is 5.92. The Morgan fingerprint density at radius 2 is 2.19 bits per heavy atom. The highest BCUT2D eigenvalue weighted by Gasteiger charge is 2.11. The largest absolute Gasteiger partial charge is 0.496 e. The molecule has 27 heavy (non-hydrogen) atoms. The Balaban J connectivity index is 1.57. The van der Waals surface area contributed by atoms with Crippen LogP contribution >= 0.6 is 27.3 Å². The van der Waals surface area contributed by atoms with Crippen LogP contribution in [0.25, 0.3) is 11.3 Å². The van der Waals surface area contributed by atoms with Gasteiger partial charge in [0.25, 0.3) is 5.91 Å². The number of primary amides is 1. The number of rotatable bonds is 7. The number of aromatic nitrogens is 2. The lowest BCUT2D eigenvalue weighted by Crippen LogP contribution is -2.12. The topological polar surface area (TPSA) is 110 Å². The van der Waals surface area contributed by atoms with Crippen molar-refractivity contribution in [2.24, 2.45) is 5.73 Å². The average molecular weight is 449 g/mol. The normalized spacial score (nSPS) is 10.6. The van der Waals surface area contributed by atoms with Crippen molar-refractivity contribution < 1.29 is 14.3 Å². The summed E-state index contributed by atoms with van der Waals surface area (Å²) in [7, 11) is 1.61. The first-order valence-electron chi connectivity index (χ1n) is 8.02. The highest BCUT2D eigenvalue weighted by molar-refractivity contribution is 9.10. The summed E-state index contributed by atoms with van der Waals surface area (Å²) in [5, 5.41) is 5.12. The first kappa shape index (κ1) is 19.1. The zero-order chi connectivity index (χ0) is 19.4. The second kappa shape index (κ2) is 8.36. The van der Waals surface area contributed by atoms with Crippen LogP contribution in [-0.2, 0) is 11.2 Å². The highest BCUT2D eigenvalue weighted by Crippen LogP contribution is 2.27. The molecule has 9 heteroatoms. The molecule has 0 bridgehead atoms. The molecule has 1 aromatic carbocycles. The third kappa shape index (κ3) is 4.75. The van der Waals surface area contributed by atoms with E-state index < -0.39 is 5.91 Å². The number of nitrogens with one attached hydrogen (secondary N) is 2. The van der Waals surface area contributed by atoms with Crippen LogP contribution in [0.15, 0.2) is 40.3 Å². The first-order chi connectivity index (χ1) is 13.0. The SMILES string of the molecule is COc1ccc(CCC(=O)Nc2nc(-c3c[nH]c(C(N)=O)c3)cs2)cc1Br. The number of amides is 2. The van der Waals surface area contributed by atoms with E-state index in [2.05, 4.69) is 31.2 Å². The van der Waals surface area contributed by atoms with Gasteiger partial charge in [-0.05, 0) is 46.1 Å². The number of thiazole rings is 1. The number of H-pyrrole nitrogens is 1. The molecule has 0 radical (unpaired) electrons. The van der Waals surface area contributed by atoms with Crippen molar-refractivity contribution in [3.63, 3.8) is 0 Å². The minimum atomic E-state index is -0.532. The number of nitrogens with zero attached hydrogens (tertiary/aromatic N) is 1. The third-order valence-electron chi connectivity index (χ3n) is 3.85. The molecule has 2 aromatic heterocycles. The number of carbonyl (C=O) groups excluding carboxylic acids is 2. The second-order valence-corrected chi connectivity index (χ2v) is 7.43. The van der Waals surface area contributed by atoms with E-state index in [1.807, 2.05) is 23.6 Å². The second-order valence-electron chi connectivity index (χ2n) is 5.72. The van der Waals surface area contributed by atoms with Crippen LogP contribution in [0.3, 0.4) is 0 Å². The van der Waals surface area contributed by atoms with E-state index in [-0.39, 0.29) is 5.91 Å². The molecule has 140 valence electrons. The van der Waals surface area contributed by atoms with Gasteiger partial charge in [-0.25, -0.2) is 4.98 Å². The van der Waals surface area contributed by atoms with E-state index in [4.69, 9.17) is 10.5 Å². The van der Waals surface area contributed by atoms with Crippen molar-refractivity contribution in [3.8, 4) is 17.0 Å². The van der Waals surface area contributed by atoms with Crippen molar-refractivity contribution in [3.05, 3.63) is 51.6 Å². The molecule has 3 aromatic rings. The zero-order valence-corrected chi connectivity index (χ0v) is 16.8. The number of nitrogens with two attached hydrogens (primary N) is 1. The summed E-state index contributed by atoms with van der Waals surface area (Å²) >= 11 is 4.76. The molecule has 0 fully saturated rings. The molecule has 0 saturated heterocycles. The number of ether oxygens (including phenoxy) is 1. The Labute approximate surface area is 168 Å². The number of halogens is 1. The molecule has 2 amide bonds. The van der Waals surface area contributed by atoms with Gasteiger partial charge in [0.15, 0.2) is 5.13 Å². The number of aryl methyl sites for hydroxylation is 1. The van der Waals surface area contributed by atoms with Gasteiger partial charge < -0.3 is 20.8 Å². The fraction of sp³-hybridized carbons (Fsp3) is 0.167. The number of methoxy groups -OCH3 is 1. The number of aromatic amines is 1. The molecule has 0 aliphatic heterocycles. The van der Waals surface area contributed by atoms with Crippen LogP contribution in [0.4, 0.5) is 5.13 Å². The molecule has 7 nitrogen and oxygen atoms in total. The maximum Gasteiger partial charge on any atom is 0.265 e. The summed E-state index contributed by atoms with van der Waals surface area (Å²) in [6.45, 7) is 0. The van der Waals surface area contributed by atoms with E-state index in [1.54, 1.807) is 19.4 Å². The van der Waals surface area contributed by atoms with Gasteiger partial charge in [-0.3, -0.25) is 9.59 Å². The number of hydrogen-bond donors (Lipinski definition) is 3. The van der Waals surface area contributed by atoms with Gasteiger partial charge in [-0.1, -0.05) is 6.07 Å². The predicted octanol–water partition coefficient (Wildman–Crippen LogP) is 3.58. The lowest BCUT2D eigenvalue weighted by Gasteiger charge is -2.06. The molecule has 0 unspecified atom stereocenters. The van der Waals surface area contributed by atoms with Gasteiger partial charge in [0.05, 0.1) is 17.3 Å². The molecule has 0 atom stereocenters. The van der Waals surface area contributed by atoms with E-state index in [0.29, 0.717) is 29.4 Å². The Bertz CT molecular complexity index is 983. The molecule has 0 aliphatic carbocycles. The molecule has 0 spiro atoms. The molecule has 2 heterocycles. The van der Waals surface area contributed by atoms with Crippen molar-refractivity contribution in [1.29, 1.82) is 0 Å². The molecule has 3 rings (SSSR count). The summed E-state index contributed by atoms with van der Waals surface area (Å²) in [5.74, 6) is 0.104. The van der Waals surface area contributed by atoms with Crippen molar-refractivity contribution in [1.82, 2.24) is 9.97 Å².